The second-order valence-electron chi connectivity index (χ2n) is 8.92. The van der Waals surface area contributed by atoms with Crippen LogP contribution in [-0.2, 0) is 9.53 Å². The molecular formula is C25H29NO3. The molecule has 0 spiro atoms. The molecular weight excluding hydrogens is 362 g/mol. The van der Waals surface area contributed by atoms with Crippen LogP contribution in [0.3, 0.4) is 0 Å². The van der Waals surface area contributed by atoms with Crippen LogP contribution in [0.5, 0.6) is 0 Å². The molecule has 1 saturated heterocycles. The molecule has 29 heavy (non-hydrogen) atoms. The van der Waals surface area contributed by atoms with E-state index in [4.69, 9.17) is 4.74 Å². The zero-order chi connectivity index (χ0) is 20.0. The molecule has 152 valence electrons. The highest BCUT2D eigenvalue weighted by Gasteiger charge is 2.57. The van der Waals surface area contributed by atoms with E-state index in [1.54, 1.807) is 4.90 Å². The van der Waals surface area contributed by atoms with Gasteiger partial charge in [-0.25, -0.2) is 4.79 Å². The average molecular weight is 392 g/mol. The molecule has 1 heterocycles. The Labute approximate surface area is 172 Å². The normalized spacial score (nSPS) is 32.4. The number of allylic oxidation sites excluding steroid dienone is 4. The summed E-state index contributed by atoms with van der Waals surface area (Å²) >= 11 is 0. The molecule has 1 amide bonds. The predicted molar refractivity (Wildman–Crippen MR) is 111 cm³/mol. The van der Waals surface area contributed by atoms with E-state index in [0.29, 0.717) is 30.1 Å². The molecule has 4 aliphatic rings. The molecule has 5 atom stereocenters. The minimum atomic E-state index is -0.367. The third kappa shape index (κ3) is 2.95. The van der Waals surface area contributed by atoms with Crippen molar-refractivity contribution in [2.45, 2.75) is 51.5 Å². The fraction of sp³-hybridized carbons (Fsp3) is 0.520. The van der Waals surface area contributed by atoms with Crippen LogP contribution in [0.15, 0.2) is 53.8 Å². The van der Waals surface area contributed by atoms with Crippen molar-refractivity contribution >= 4 is 11.9 Å². The van der Waals surface area contributed by atoms with Crippen molar-refractivity contribution in [2.75, 3.05) is 6.61 Å². The summed E-state index contributed by atoms with van der Waals surface area (Å²) in [5.41, 5.74) is 2.93. The number of carbonyl (C=O) groups is 2. The Hall–Kier alpha value is -2.36. The monoisotopic (exact) mass is 391 g/mol. The lowest BCUT2D eigenvalue weighted by molar-refractivity contribution is -0.120. The van der Waals surface area contributed by atoms with Gasteiger partial charge < -0.3 is 4.74 Å². The van der Waals surface area contributed by atoms with Crippen LogP contribution >= 0.6 is 0 Å². The van der Waals surface area contributed by atoms with Gasteiger partial charge in [0.05, 0.1) is 11.7 Å². The van der Waals surface area contributed by atoms with Crippen molar-refractivity contribution in [3.8, 4) is 0 Å². The smallest absolute Gasteiger partial charge is 0.415 e. The highest BCUT2D eigenvalue weighted by Crippen LogP contribution is 2.58. The van der Waals surface area contributed by atoms with E-state index in [2.05, 4.69) is 19.1 Å². The summed E-state index contributed by atoms with van der Waals surface area (Å²) in [5.74, 6) is 1.30. The number of rotatable bonds is 7. The zero-order valence-electron chi connectivity index (χ0n) is 17.0. The fourth-order valence-electron chi connectivity index (χ4n) is 6.02. The first kappa shape index (κ1) is 18.7. The first-order valence-corrected chi connectivity index (χ1v) is 11.2. The van der Waals surface area contributed by atoms with Gasteiger partial charge in [0.1, 0.15) is 6.61 Å². The molecule has 2 fully saturated rings. The Balaban J connectivity index is 1.53. The van der Waals surface area contributed by atoms with Crippen molar-refractivity contribution in [3.05, 3.63) is 59.3 Å². The number of hydrogen-bond donors (Lipinski definition) is 0. The SMILES string of the molecule is CCCCCCC1=C(N2C(=O)OC[C@H]2c2ccccc2)C(=O)[C@@H]2[C@H]1[C@@H]1C=C[C@H]2C1. The van der Waals surface area contributed by atoms with E-state index in [0.717, 1.165) is 24.8 Å². The summed E-state index contributed by atoms with van der Waals surface area (Å²) in [6, 6.07) is 9.76. The van der Waals surface area contributed by atoms with Gasteiger partial charge in [0.15, 0.2) is 5.78 Å². The second-order valence-corrected chi connectivity index (χ2v) is 8.92. The highest BCUT2D eigenvalue weighted by atomic mass is 16.6. The number of Topliss-reactive ketones (excluding diaryl/α,β-unsaturated/α-hetero) is 1. The topological polar surface area (TPSA) is 46.6 Å². The minimum Gasteiger partial charge on any atom is -0.447 e. The standard InChI is InChI=1S/C25H29NO3/c1-2-3-4-8-11-19-21-17-12-13-18(14-17)22(21)24(27)23(19)26-20(15-29-25(26)28)16-9-6-5-7-10-16/h5-7,9-10,12-13,17-18,20-22H,2-4,8,11,14-15H2,1H3/t17-,18+,20+,21+,22+/m1/s1. The summed E-state index contributed by atoms with van der Waals surface area (Å²) in [6.45, 7) is 2.52. The summed E-state index contributed by atoms with van der Waals surface area (Å²) in [7, 11) is 0. The first-order valence-electron chi connectivity index (χ1n) is 11.2. The van der Waals surface area contributed by atoms with E-state index < -0.39 is 0 Å². The molecule has 4 nitrogen and oxygen atoms in total. The van der Waals surface area contributed by atoms with Crippen molar-refractivity contribution in [2.24, 2.45) is 23.7 Å². The number of fused-ring (bicyclic) bond motifs is 5. The van der Waals surface area contributed by atoms with Gasteiger partial charge in [0, 0.05) is 5.92 Å². The largest absolute Gasteiger partial charge is 0.447 e. The Morgan fingerprint density at radius 1 is 1.00 bits per heavy atom. The Morgan fingerprint density at radius 2 is 1.76 bits per heavy atom. The number of hydrogen-bond acceptors (Lipinski definition) is 3. The lowest BCUT2D eigenvalue weighted by Gasteiger charge is -2.25. The van der Waals surface area contributed by atoms with Crippen LogP contribution in [0.4, 0.5) is 4.79 Å². The lowest BCUT2D eigenvalue weighted by atomic mass is 9.81. The van der Waals surface area contributed by atoms with Gasteiger partial charge in [-0.2, -0.15) is 0 Å². The number of amides is 1. The molecule has 4 heteroatoms. The van der Waals surface area contributed by atoms with Crippen molar-refractivity contribution in [1.82, 2.24) is 4.90 Å². The number of carbonyl (C=O) groups excluding carboxylic acids is 2. The molecule has 1 aliphatic heterocycles. The van der Waals surface area contributed by atoms with E-state index in [-0.39, 0.29) is 23.8 Å². The predicted octanol–water partition coefficient (Wildman–Crippen LogP) is 5.43. The molecule has 1 aromatic carbocycles. The number of cyclic esters (lactones) is 1. The lowest BCUT2D eigenvalue weighted by Crippen LogP contribution is -2.32. The van der Waals surface area contributed by atoms with Gasteiger partial charge in [-0.15, -0.1) is 0 Å². The van der Waals surface area contributed by atoms with Gasteiger partial charge in [0.2, 0.25) is 0 Å². The number of benzene rings is 1. The molecule has 2 bridgehead atoms. The van der Waals surface area contributed by atoms with Crippen LogP contribution in [0.25, 0.3) is 0 Å². The quantitative estimate of drug-likeness (QED) is 0.460. The molecule has 1 saturated carbocycles. The molecule has 0 unspecified atom stereocenters. The van der Waals surface area contributed by atoms with Gasteiger partial charge in [-0.05, 0) is 48.2 Å². The zero-order valence-corrected chi connectivity index (χ0v) is 17.0. The summed E-state index contributed by atoms with van der Waals surface area (Å²) in [4.78, 5) is 28.2. The van der Waals surface area contributed by atoms with Crippen molar-refractivity contribution in [3.63, 3.8) is 0 Å². The molecule has 5 rings (SSSR count). The average Bonchev–Trinajstić information content (AvgIpc) is 3.49. The van der Waals surface area contributed by atoms with Crippen molar-refractivity contribution < 1.29 is 14.3 Å². The molecule has 0 aromatic heterocycles. The van der Waals surface area contributed by atoms with E-state index >= 15 is 0 Å². The third-order valence-electron chi connectivity index (χ3n) is 7.30. The molecule has 0 radical (unpaired) electrons. The van der Waals surface area contributed by atoms with Crippen molar-refractivity contribution in [1.29, 1.82) is 0 Å². The number of ether oxygens (including phenoxy) is 1. The summed E-state index contributed by atoms with van der Waals surface area (Å²) < 4.78 is 5.46. The molecule has 3 aliphatic carbocycles. The van der Waals surface area contributed by atoms with Crippen LogP contribution in [0, 0.1) is 23.7 Å². The Kier molecular flexibility index (Phi) is 4.81. The van der Waals surface area contributed by atoms with Gasteiger partial charge in [-0.3, -0.25) is 9.69 Å². The third-order valence-corrected chi connectivity index (χ3v) is 7.30. The first-order chi connectivity index (χ1) is 14.2. The van der Waals surface area contributed by atoms with Crippen LogP contribution in [0.1, 0.15) is 57.1 Å². The maximum absolute atomic E-state index is 13.6. The second kappa shape index (κ2) is 7.47. The van der Waals surface area contributed by atoms with E-state index in [1.807, 2.05) is 30.3 Å². The number of nitrogens with zero attached hydrogens (tertiary/aromatic N) is 1. The number of unbranched alkanes of at least 4 members (excludes halogenated alkanes) is 3. The maximum atomic E-state index is 13.6. The molecule has 1 aromatic rings. The fourth-order valence-corrected chi connectivity index (χ4v) is 6.02. The van der Waals surface area contributed by atoms with Gasteiger partial charge >= 0.3 is 6.09 Å². The highest BCUT2D eigenvalue weighted by molar-refractivity contribution is 6.04. The van der Waals surface area contributed by atoms with Crippen LogP contribution in [-0.4, -0.2) is 23.4 Å². The summed E-state index contributed by atoms with van der Waals surface area (Å²) in [6.07, 6.45) is 10.9. The molecule has 0 N–H and O–H groups in total. The Bertz CT molecular complexity index is 871. The maximum Gasteiger partial charge on any atom is 0.415 e. The minimum absolute atomic E-state index is 0.0333. The van der Waals surface area contributed by atoms with Crippen LogP contribution in [0.2, 0.25) is 0 Å². The van der Waals surface area contributed by atoms with Gasteiger partial charge in [0.25, 0.3) is 0 Å². The van der Waals surface area contributed by atoms with Gasteiger partial charge in [-0.1, -0.05) is 68.7 Å². The Morgan fingerprint density at radius 3 is 2.52 bits per heavy atom. The number of ketones is 1. The van der Waals surface area contributed by atoms with E-state index in [1.165, 1.54) is 24.8 Å². The van der Waals surface area contributed by atoms with Crippen LogP contribution < -0.4 is 0 Å². The summed E-state index contributed by atoms with van der Waals surface area (Å²) in [5, 5.41) is 0. The van der Waals surface area contributed by atoms with E-state index in [9.17, 15) is 9.59 Å².